The van der Waals surface area contributed by atoms with Crippen molar-refractivity contribution < 1.29 is 9.53 Å². The van der Waals surface area contributed by atoms with E-state index < -0.39 is 5.41 Å². The Hall–Kier alpha value is -2.45. The molecule has 2 aliphatic rings. The van der Waals surface area contributed by atoms with E-state index in [2.05, 4.69) is 42.8 Å². The lowest BCUT2D eigenvalue weighted by Crippen LogP contribution is -2.55. The minimum absolute atomic E-state index is 0.0466. The first-order valence-electron chi connectivity index (χ1n) is 11.0. The molecule has 4 rings (SSSR count). The molecule has 0 radical (unpaired) electrons. The molecule has 6 heteroatoms. The fourth-order valence-electron chi connectivity index (χ4n) is 5.50. The molecule has 0 spiro atoms. The van der Waals surface area contributed by atoms with Crippen molar-refractivity contribution in [3.05, 3.63) is 40.6 Å². The van der Waals surface area contributed by atoms with Gasteiger partial charge in [-0.3, -0.25) is 4.79 Å². The molecular formula is C25H30ClN3O2. The van der Waals surface area contributed by atoms with E-state index in [0.717, 1.165) is 42.1 Å². The fourth-order valence-corrected chi connectivity index (χ4v) is 5.84. The second-order valence-corrected chi connectivity index (χ2v) is 9.91. The van der Waals surface area contributed by atoms with E-state index in [-0.39, 0.29) is 23.9 Å². The van der Waals surface area contributed by atoms with Crippen LogP contribution < -0.4 is 4.74 Å². The summed E-state index contributed by atoms with van der Waals surface area (Å²) in [7, 11) is 1.61. The van der Waals surface area contributed by atoms with Gasteiger partial charge in [0.05, 0.1) is 24.1 Å². The molecule has 1 N–H and O–H groups in total. The third-order valence-electron chi connectivity index (χ3n) is 7.06. The van der Waals surface area contributed by atoms with E-state index in [1.54, 1.807) is 7.11 Å². The van der Waals surface area contributed by atoms with Gasteiger partial charge in [0, 0.05) is 41.0 Å². The molecule has 5 nitrogen and oxygen atoms in total. The summed E-state index contributed by atoms with van der Waals surface area (Å²) in [5.41, 5.74) is 2.96. The van der Waals surface area contributed by atoms with Gasteiger partial charge in [-0.15, -0.1) is 0 Å². The number of piperidine rings is 2. The summed E-state index contributed by atoms with van der Waals surface area (Å²) in [6, 6.07) is 6.50. The minimum atomic E-state index is -0.408. The molecule has 31 heavy (non-hydrogen) atoms. The molecule has 3 heterocycles. The number of carbonyl (C=O) groups is 1. The molecule has 1 amide bonds. The minimum Gasteiger partial charge on any atom is -0.495 e. The second-order valence-electron chi connectivity index (χ2n) is 9.53. The van der Waals surface area contributed by atoms with Crippen LogP contribution in [0, 0.1) is 17.2 Å². The van der Waals surface area contributed by atoms with E-state index >= 15 is 0 Å². The smallest absolute Gasteiger partial charge is 0.223 e. The van der Waals surface area contributed by atoms with Gasteiger partial charge >= 0.3 is 0 Å². The van der Waals surface area contributed by atoms with Crippen LogP contribution in [0.15, 0.2) is 30.0 Å². The molecule has 2 bridgehead atoms. The molecule has 164 valence electrons. The van der Waals surface area contributed by atoms with Gasteiger partial charge < -0.3 is 14.6 Å². The Morgan fingerprint density at radius 3 is 2.61 bits per heavy atom. The number of aromatic amines is 1. The zero-order valence-electron chi connectivity index (χ0n) is 18.7. The van der Waals surface area contributed by atoms with Crippen LogP contribution in [0.3, 0.4) is 0 Å². The largest absolute Gasteiger partial charge is 0.495 e. The van der Waals surface area contributed by atoms with Gasteiger partial charge in [-0.05, 0) is 50.3 Å². The fraction of sp³-hybridized carbons (Fsp3) is 0.520. The van der Waals surface area contributed by atoms with Crippen molar-refractivity contribution >= 4 is 28.4 Å². The van der Waals surface area contributed by atoms with E-state index in [9.17, 15) is 10.1 Å². The first-order valence-corrected chi connectivity index (χ1v) is 11.4. The number of ether oxygens (including phenoxy) is 1. The van der Waals surface area contributed by atoms with Gasteiger partial charge in [-0.2, -0.15) is 5.26 Å². The number of H-pyrrole nitrogens is 1. The maximum Gasteiger partial charge on any atom is 0.223 e. The lowest BCUT2D eigenvalue weighted by atomic mass is 9.75. The Labute approximate surface area is 189 Å². The van der Waals surface area contributed by atoms with Crippen LogP contribution in [0.2, 0.25) is 5.02 Å². The number of carbonyl (C=O) groups excluding carboxylic acids is 1. The number of rotatable bonds is 4. The quantitative estimate of drug-likeness (QED) is 0.618. The Kier molecular flexibility index (Phi) is 5.79. The number of fused-ring (bicyclic) bond motifs is 3. The van der Waals surface area contributed by atoms with Crippen molar-refractivity contribution in [1.82, 2.24) is 9.88 Å². The van der Waals surface area contributed by atoms with Gasteiger partial charge in [0.2, 0.25) is 5.91 Å². The number of allylic oxidation sites excluding steroid dienone is 1. The normalized spacial score (nSPS) is 23.5. The lowest BCUT2D eigenvalue weighted by Gasteiger charge is -2.49. The van der Waals surface area contributed by atoms with E-state index in [4.69, 9.17) is 16.3 Å². The van der Waals surface area contributed by atoms with Gasteiger partial charge in [0.1, 0.15) is 5.75 Å². The molecule has 1 aromatic heterocycles. The lowest BCUT2D eigenvalue weighted by molar-refractivity contribution is -0.141. The highest BCUT2D eigenvalue weighted by molar-refractivity contribution is 6.37. The molecule has 2 fully saturated rings. The average Bonchev–Trinajstić information content (AvgIpc) is 3.18. The molecule has 2 atom stereocenters. The third-order valence-corrected chi connectivity index (χ3v) is 7.44. The summed E-state index contributed by atoms with van der Waals surface area (Å²) < 4.78 is 5.41. The molecular weight excluding hydrogens is 410 g/mol. The number of methoxy groups -OCH3 is 1. The van der Waals surface area contributed by atoms with E-state index in [1.807, 2.05) is 18.3 Å². The Bertz CT molecular complexity index is 1060. The van der Waals surface area contributed by atoms with Crippen molar-refractivity contribution in [2.45, 2.75) is 70.4 Å². The Morgan fingerprint density at radius 1 is 1.35 bits per heavy atom. The van der Waals surface area contributed by atoms with Gasteiger partial charge in [-0.1, -0.05) is 37.1 Å². The van der Waals surface area contributed by atoms with Crippen molar-refractivity contribution in [3.63, 3.8) is 0 Å². The molecule has 2 saturated heterocycles. The van der Waals surface area contributed by atoms with Crippen LogP contribution in [0.4, 0.5) is 0 Å². The summed E-state index contributed by atoms with van der Waals surface area (Å²) >= 11 is 6.64. The number of benzene rings is 1. The summed E-state index contributed by atoms with van der Waals surface area (Å²) in [6.07, 6.45) is 7.84. The molecule has 1 aromatic carbocycles. The number of aromatic nitrogens is 1. The van der Waals surface area contributed by atoms with Crippen molar-refractivity contribution in [1.29, 1.82) is 5.26 Å². The van der Waals surface area contributed by atoms with Gasteiger partial charge in [-0.25, -0.2) is 0 Å². The monoisotopic (exact) mass is 439 g/mol. The highest BCUT2D eigenvalue weighted by atomic mass is 35.5. The SMILES string of the molecule is CC=C1CC2CC(C#N)CC(C1)N2C(=O)CC(C)(C)c1c[nH]c2ccc(OC)c(Cl)c12. The summed E-state index contributed by atoms with van der Waals surface area (Å²) in [5.74, 6) is 0.842. The summed E-state index contributed by atoms with van der Waals surface area (Å²) in [4.78, 5) is 19.0. The Balaban J connectivity index is 1.62. The molecule has 0 aliphatic carbocycles. The van der Waals surface area contributed by atoms with E-state index in [1.165, 1.54) is 5.57 Å². The number of hydrogen-bond donors (Lipinski definition) is 1. The van der Waals surface area contributed by atoms with E-state index in [0.29, 0.717) is 17.2 Å². The van der Waals surface area contributed by atoms with Crippen LogP contribution >= 0.6 is 11.6 Å². The first-order chi connectivity index (χ1) is 14.8. The first kappa shape index (κ1) is 21.8. The van der Waals surface area contributed by atoms with Crippen molar-refractivity contribution in [3.8, 4) is 11.8 Å². The van der Waals surface area contributed by atoms with Gasteiger partial charge in [0.15, 0.2) is 0 Å². The maximum atomic E-state index is 13.6. The number of halogens is 1. The van der Waals surface area contributed by atoms with Crippen LogP contribution in [-0.2, 0) is 10.2 Å². The molecule has 0 saturated carbocycles. The summed E-state index contributed by atoms with van der Waals surface area (Å²) in [5, 5.41) is 11.0. The number of nitriles is 1. The van der Waals surface area contributed by atoms with Gasteiger partial charge in [0.25, 0.3) is 0 Å². The summed E-state index contributed by atoms with van der Waals surface area (Å²) in [6.45, 7) is 6.26. The molecule has 2 aromatic rings. The molecule has 2 unspecified atom stereocenters. The number of amides is 1. The number of hydrogen-bond acceptors (Lipinski definition) is 3. The Morgan fingerprint density at radius 2 is 2.03 bits per heavy atom. The predicted octanol–water partition coefficient (Wildman–Crippen LogP) is 5.74. The van der Waals surface area contributed by atoms with Crippen molar-refractivity contribution in [2.24, 2.45) is 5.92 Å². The third kappa shape index (κ3) is 3.83. The van der Waals surface area contributed by atoms with Crippen LogP contribution in [0.1, 0.15) is 58.4 Å². The molecule has 2 aliphatic heterocycles. The van der Waals surface area contributed by atoms with Crippen LogP contribution in [0.25, 0.3) is 10.9 Å². The predicted molar refractivity (Wildman–Crippen MR) is 123 cm³/mol. The second kappa shape index (κ2) is 8.24. The topological polar surface area (TPSA) is 69.1 Å². The average molecular weight is 440 g/mol. The zero-order chi connectivity index (χ0) is 22.3. The standard InChI is InChI=1S/C25H30ClN3O2/c1-5-15-8-17-10-16(13-27)11-18(9-15)29(17)22(30)12-25(2,3)19-14-28-20-6-7-21(31-4)24(26)23(19)20/h5-7,14,16-18,28H,8-12H2,1-4H3. The highest BCUT2D eigenvalue weighted by Crippen LogP contribution is 2.43. The maximum absolute atomic E-state index is 13.6. The van der Waals surface area contributed by atoms with Crippen LogP contribution in [0.5, 0.6) is 5.75 Å². The van der Waals surface area contributed by atoms with Crippen LogP contribution in [-0.4, -0.2) is 35.0 Å². The highest BCUT2D eigenvalue weighted by Gasteiger charge is 2.43. The van der Waals surface area contributed by atoms with Crippen molar-refractivity contribution in [2.75, 3.05) is 7.11 Å². The zero-order valence-corrected chi connectivity index (χ0v) is 19.4. The number of nitrogens with zero attached hydrogens (tertiary/aromatic N) is 2. The number of nitrogens with one attached hydrogen (secondary N) is 1.